The van der Waals surface area contributed by atoms with Gasteiger partial charge < -0.3 is 15.0 Å². The fourth-order valence-corrected chi connectivity index (χ4v) is 2.75. The van der Waals surface area contributed by atoms with Crippen molar-refractivity contribution in [2.75, 3.05) is 33.5 Å². The first-order chi connectivity index (χ1) is 10.5. The molecule has 8 nitrogen and oxygen atoms in total. The molecular formula is C13H21N5O3S. The Morgan fingerprint density at radius 1 is 1.45 bits per heavy atom. The van der Waals surface area contributed by atoms with E-state index in [0.29, 0.717) is 32.3 Å². The molecule has 1 N–H and O–H groups in total. The van der Waals surface area contributed by atoms with Crippen molar-refractivity contribution in [3.8, 4) is 0 Å². The maximum Gasteiger partial charge on any atom is 0.319 e. The molecule has 2 rings (SSSR count). The summed E-state index contributed by atoms with van der Waals surface area (Å²) >= 11 is 1.49. The summed E-state index contributed by atoms with van der Waals surface area (Å²) in [6.07, 6.45) is 0. The van der Waals surface area contributed by atoms with Crippen LogP contribution in [-0.4, -0.2) is 65.4 Å². The normalized spacial score (nSPS) is 15.0. The van der Waals surface area contributed by atoms with Crippen LogP contribution in [0.1, 0.15) is 29.8 Å². The topological polar surface area (TPSA) is 87.7 Å². The number of aromatic nitrogens is 2. The molecule has 0 aliphatic carbocycles. The molecule has 22 heavy (non-hydrogen) atoms. The van der Waals surface area contributed by atoms with Gasteiger partial charge in [0.15, 0.2) is 0 Å². The zero-order valence-electron chi connectivity index (χ0n) is 13.0. The van der Waals surface area contributed by atoms with Crippen molar-refractivity contribution in [2.45, 2.75) is 26.3 Å². The van der Waals surface area contributed by atoms with E-state index < -0.39 is 0 Å². The number of amides is 3. The third-order valence-corrected chi connectivity index (χ3v) is 4.46. The van der Waals surface area contributed by atoms with Crippen LogP contribution in [0, 0.1) is 0 Å². The Bertz CT molecular complexity index is 534. The third kappa shape index (κ3) is 4.14. The second-order valence-corrected chi connectivity index (χ2v) is 6.43. The minimum absolute atomic E-state index is 0.0646. The SMILES string of the molecule is COCCN1CN(C(=O)NCc2nnc(C(C)C)s2)CC1=O. The van der Waals surface area contributed by atoms with E-state index in [1.165, 1.54) is 16.2 Å². The molecule has 1 aromatic heterocycles. The minimum atomic E-state index is -0.269. The Labute approximate surface area is 133 Å². The predicted molar refractivity (Wildman–Crippen MR) is 81.4 cm³/mol. The summed E-state index contributed by atoms with van der Waals surface area (Å²) < 4.78 is 4.95. The lowest BCUT2D eigenvalue weighted by Gasteiger charge is -2.17. The number of nitrogens with one attached hydrogen (secondary N) is 1. The molecule has 122 valence electrons. The van der Waals surface area contributed by atoms with Crippen molar-refractivity contribution < 1.29 is 14.3 Å². The predicted octanol–water partition coefficient (Wildman–Crippen LogP) is 0.619. The highest BCUT2D eigenvalue weighted by molar-refractivity contribution is 7.11. The molecule has 9 heteroatoms. The Morgan fingerprint density at radius 3 is 2.86 bits per heavy atom. The molecule has 3 amide bonds. The quantitative estimate of drug-likeness (QED) is 0.827. The minimum Gasteiger partial charge on any atom is -0.383 e. The Kier molecular flexibility index (Phi) is 5.67. The molecule has 0 bridgehead atoms. The molecule has 1 aliphatic rings. The van der Waals surface area contributed by atoms with E-state index >= 15 is 0 Å². The summed E-state index contributed by atoms with van der Waals surface area (Å²) in [6.45, 7) is 5.77. The number of carbonyl (C=O) groups excluding carboxylic acids is 2. The van der Waals surface area contributed by atoms with Gasteiger partial charge in [-0.1, -0.05) is 25.2 Å². The van der Waals surface area contributed by atoms with Gasteiger partial charge in [0.05, 0.1) is 19.8 Å². The van der Waals surface area contributed by atoms with E-state index in [-0.39, 0.29) is 18.5 Å². The number of nitrogens with zero attached hydrogens (tertiary/aromatic N) is 4. The second kappa shape index (κ2) is 7.50. The molecule has 0 atom stereocenters. The molecule has 1 fully saturated rings. The molecule has 0 aromatic carbocycles. The largest absolute Gasteiger partial charge is 0.383 e. The molecule has 2 heterocycles. The van der Waals surface area contributed by atoms with Crippen LogP contribution in [0.3, 0.4) is 0 Å². The number of carbonyl (C=O) groups is 2. The molecule has 0 radical (unpaired) electrons. The lowest BCUT2D eigenvalue weighted by atomic mass is 10.2. The van der Waals surface area contributed by atoms with Crippen LogP contribution in [0.2, 0.25) is 0 Å². The number of hydrogen-bond donors (Lipinski definition) is 1. The standard InChI is InChI=1S/C13H21N5O3S/c1-9(2)12-16-15-10(22-12)6-14-13(20)18-7-11(19)17(8-18)4-5-21-3/h9H,4-8H2,1-3H3,(H,14,20). The number of hydrogen-bond acceptors (Lipinski definition) is 6. The first kappa shape index (κ1) is 16.6. The van der Waals surface area contributed by atoms with Gasteiger partial charge in [-0.15, -0.1) is 10.2 Å². The van der Waals surface area contributed by atoms with Crippen LogP contribution in [-0.2, 0) is 16.1 Å². The van der Waals surface area contributed by atoms with Gasteiger partial charge in [-0.05, 0) is 0 Å². The number of rotatable bonds is 6. The fraction of sp³-hybridized carbons (Fsp3) is 0.692. The Morgan fingerprint density at radius 2 is 2.23 bits per heavy atom. The van der Waals surface area contributed by atoms with Crippen LogP contribution < -0.4 is 5.32 Å². The summed E-state index contributed by atoms with van der Waals surface area (Å²) in [5.41, 5.74) is 0. The maximum atomic E-state index is 12.1. The number of urea groups is 1. The van der Waals surface area contributed by atoms with Crippen molar-refractivity contribution in [3.63, 3.8) is 0 Å². The maximum absolute atomic E-state index is 12.1. The molecule has 1 aliphatic heterocycles. The van der Waals surface area contributed by atoms with Crippen molar-refractivity contribution in [2.24, 2.45) is 0 Å². The van der Waals surface area contributed by atoms with E-state index in [9.17, 15) is 9.59 Å². The first-order valence-corrected chi connectivity index (χ1v) is 7.94. The molecule has 1 aromatic rings. The monoisotopic (exact) mass is 327 g/mol. The molecule has 1 saturated heterocycles. The van der Waals surface area contributed by atoms with Crippen LogP contribution in [0.25, 0.3) is 0 Å². The van der Waals surface area contributed by atoms with Crippen molar-refractivity contribution in [1.29, 1.82) is 0 Å². The van der Waals surface area contributed by atoms with E-state index in [1.54, 1.807) is 12.0 Å². The van der Waals surface area contributed by atoms with E-state index in [0.717, 1.165) is 10.0 Å². The van der Waals surface area contributed by atoms with Gasteiger partial charge in [0.1, 0.15) is 16.6 Å². The molecule has 0 spiro atoms. The number of ether oxygens (including phenoxy) is 1. The highest BCUT2D eigenvalue weighted by Gasteiger charge is 2.30. The van der Waals surface area contributed by atoms with Gasteiger partial charge in [-0.2, -0.15) is 0 Å². The van der Waals surface area contributed by atoms with Gasteiger partial charge in [0, 0.05) is 19.6 Å². The zero-order chi connectivity index (χ0) is 16.1. The lowest BCUT2D eigenvalue weighted by Crippen LogP contribution is -2.39. The van der Waals surface area contributed by atoms with Gasteiger partial charge >= 0.3 is 6.03 Å². The smallest absolute Gasteiger partial charge is 0.319 e. The molecule has 0 saturated carbocycles. The van der Waals surface area contributed by atoms with E-state index in [2.05, 4.69) is 15.5 Å². The first-order valence-electron chi connectivity index (χ1n) is 7.13. The molecular weight excluding hydrogens is 306 g/mol. The fourth-order valence-electron chi connectivity index (χ4n) is 1.97. The average Bonchev–Trinajstić information content (AvgIpc) is 3.09. The van der Waals surface area contributed by atoms with Gasteiger partial charge in [0.2, 0.25) is 5.91 Å². The van der Waals surface area contributed by atoms with Gasteiger partial charge in [-0.25, -0.2) is 4.79 Å². The van der Waals surface area contributed by atoms with Gasteiger partial charge in [0.25, 0.3) is 0 Å². The second-order valence-electron chi connectivity index (χ2n) is 5.34. The Balaban J connectivity index is 1.81. The summed E-state index contributed by atoms with van der Waals surface area (Å²) in [4.78, 5) is 26.9. The summed E-state index contributed by atoms with van der Waals surface area (Å²) in [5, 5.41) is 12.6. The van der Waals surface area contributed by atoms with Crippen molar-refractivity contribution >= 4 is 23.3 Å². The van der Waals surface area contributed by atoms with Crippen LogP contribution in [0.15, 0.2) is 0 Å². The lowest BCUT2D eigenvalue weighted by molar-refractivity contribution is -0.127. The Hall–Kier alpha value is -1.74. The van der Waals surface area contributed by atoms with Crippen molar-refractivity contribution in [1.82, 2.24) is 25.3 Å². The van der Waals surface area contributed by atoms with E-state index in [4.69, 9.17) is 4.74 Å². The summed E-state index contributed by atoms with van der Waals surface area (Å²) in [5.74, 6) is 0.262. The summed E-state index contributed by atoms with van der Waals surface area (Å²) in [6, 6.07) is -0.269. The average molecular weight is 327 g/mol. The van der Waals surface area contributed by atoms with Crippen molar-refractivity contribution in [3.05, 3.63) is 10.0 Å². The van der Waals surface area contributed by atoms with E-state index in [1.807, 2.05) is 13.8 Å². The third-order valence-electron chi connectivity index (χ3n) is 3.24. The molecule has 0 unspecified atom stereocenters. The van der Waals surface area contributed by atoms with Gasteiger partial charge in [-0.3, -0.25) is 9.69 Å². The summed E-state index contributed by atoms with van der Waals surface area (Å²) in [7, 11) is 1.58. The van der Waals surface area contributed by atoms with Crippen LogP contribution >= 0.6 is 11.3 Å². The highest BCUT2D eigenvalue weighted by atomic mass is 32.1. The number of methoxy groups -OCH3 is 1. The zero-order valence-corrected chi connectivity index (χ0v) is 13.9. The van der Waals surface area contributed by atoms with Crippen LogP contribution in [0.5, 0.6) is 0 Å². The van der Waals surface area contributed by atoms with Crippen LogP contribution in [0.4, 0.5) is 4.79 Å². The highest BCUT2D eigenvalue weighted by Crippen LogP contribution is 2.18.